The maximum atomic E-state index is 15.5. The van der Waals surface area contributed by atoms with Gasteiger partial charge in [-0.1, -0.05) is 0 Å². The number of halogens is 1. The Balaban J connectivity index is 1.25. The molecule has 0 radical (unpaired) electrons. The van der Waals surface area contributed by atoms with Crippen LogP contribution in [0.1, 0.15) is 64.2 Å². The lowest BCUT2D eigenvalue weighted by atomic mass is 10.0. The van der Waals surface area contributed by atoms with Gasteiger partial charge in [-0.25, -0.2) is 9.18 Å². The average molecular weight is 675 g/mol. The number of ether oxygens (including phenoxy) is 1. The number of aromatic carboxylic acids is 1. The normalized spacial score (nSPS) is 19.2. The Kier molecular flexibility index (Phi) is 9.22. The highest BCUT2D eigenvalue weighted by molar-refractivity contribution is 7.99. The number of carboxylic acids is 1. The number of hydrogen-bond donors (Lipinski definition) is 2. The number of rotatable bonds is 1. The van der Waals surface area contributed by atoms with Crippen molar-refractivity contribution in [3.8, 4) is 5.75 Å². The summed E-state index contributed by atoms with van der Waals surface area (Å²) in [6.45, 7) is 2.08. The fraction of sp³-hybridized carbons (Fsp3) is 0.400. The van der Waals surface area contributed by atoms with E-state index < -0.39 is 5.97 Å². The van der Waals surface area contributed by atoms with E-state index in [0.717, 1.165) is 94.8 Å². The van der Waals surface area contributed by atoms with Gasteiger partial charge in [0.2, 0.25) is 0 Å². The number of aryl methyl sites for hydroxylation is 4. The third-order valence-electron chi connectivity index (χ3n) is 9.08. The molecule has 1 saturated heterocycles. The van der Waals surface area contributed by atoms with Gasteiger partial charge >= 0.3 is 5.97 Å². The van der Waals surface area contributed by atoms with Gasteiger partial charge in [0.05, 0.1) is 23.5 Å². The summed E-state index contributed by atoms with van der Waals surface area (Å²) < 4.78 is 25.6. The molecule has 8 bridgehead atoms. The monoisotopic (exact) mass is 674 g/mol. The molecule has 246 valence electrons. The molecule has 0 spiro atoms. The van der Waals surface area contributed by atoms with Crippen LogP contribution in [0.3, 0.4) is 0 Å². The molecule has 9 nitrogen and oxygen atoms in total. The van der Waals surface area contributed by atoms with Crippen LogP contribution in [0.4, 0.5) is 10.1 Å². The van der Waals surface area contributed by atoms with Gasteiger partial charge in [-0.15, -0.1) is 23.5 Å². The highest BCUT2D eigenvalue weighted by Crippen LogP contribution is 2.39. The summed E-state index contributed by atoms with van der Waals surface area (Å²) in [6.07, 6.45) is 8.62. The molecule has 3 aliphatic rings. The summed E-state index contributed by atoms with van der Waals surface area (Å²) in [7, 11) is 3.72. The second kappa shape index (κ2) is 13.7. The van der Waals surface area contributed by atoms with E-state index in [0.29, 0.717) is 36.1 Å². The quantitative estimate of drug-likeness (QED) is 0.221. The van der Waals surface area contributed by atoms with E-state index in [9.17, 15) is 9.90 Å². The van der Waals surface area contributed by atoms with Crippen molar-refractivity contribution in [1.29, 1.82) is 0 Å². The van der Waals surface area contributed by atoms with E-state index in [2.05, 4.69) is 23.5 Å². The lowest BCUT2D eigenvalue weighted by Gasteiger charge is -2.22. The van der Waals surface area contributed by atoms with E-state index in [-0.39, 0.29) is 11.5 Å². The molecule has 0 amide bonds. The summed E-state index contributed by atoms with van der Waals surface area (Å²) in [4.78, 5) is 13.7. The van der Waals surface area contributed by atoms with Crippen molar-refractivity contribution in [3.05, 3.63) is 75.6 Å². The van der Waals surface area contributed by atoms with Crippen LogP contribution in [0, 0.1) is 5.82 Å². The molecule has 5 heterocycles. The number of thioether (sulfide) groups is 2. The second-order valence-corrected chi connectivity index (χ2v) is 14.3. The first-order chi connectivity index (χ1) is 22.9. The standard InChI is InChI=1S/C35H39FN6O3S2/c1-40-33-28-9-10-30(36)29(33)18-24-7-4-13-42(24)38-12-15-46-20-23-17-25(41(2)39-23)21-47-26-16-22-6-3-11-37-32(22)31(19-26)45-14-5-8-27(28)34(40)35(43)44/h9-10,12,16-19,37H,3-8,11,13-15,20-21H2,1-2H3,(H,43,44)/b24-18+,38-12+. The number of aromatic nitrogens is 3. The minimum absolute atomic E-state index is 0.185. The molecular formula is C35H39FN6O3S2. The molecule has 4 aromatic rings. The largest absolute Gasteiger partial charge is 0.491 e. The smallest absolute Gasteiger partial charge is 0.352 e. The maximum absolute atomic E-state index is 15.5. The SMILES string of the molecule is Cn1nc2cc1CSc1cc3c(c(c1)OCCCc1c(C(=O)O)n(C)c4c(c(F)ccc14)/C=C1\CCCN1/N=C/CSC2)NCCC3. The van der Waals surface area contributed by atoms with Crippen LogP contribution in [0.5, 0.6) is 5.75 Å². The average Bonchev–Trinajstić information content (AvgIpc) is 3.73. The Morgan fingerprint density at radius 1 is 1.09 bits per heavy atom. The molecule has 0 saturated carbocycles. The number of benzene rings is 2. The molecule has 0 aliphatic carbocycles. The van der Waals surface area contributed by atoms with Crippen LogP contribution < -0.4 is 10.1 Å². The van der Waals surface area contributed by atoms with E-state index >= 15 is 4.39 Å². The van der Waals surface area contributed by atoms with E-state index in [1.165, 1.54) is 11.6 Å². The van der Waals surface area contributed by atoms with Crippen LogP contribution in [-0.4, -0.2) is 62.1 Å². The molecule has 2 aromatic carbocycles. The van der Waals surface area contributed by atoms with Gasteiger partial charge in [0.1, 0.15) is 17.3 Å². The fourth-order valence-corrected chi connectivity index (χ4v) is 8.51. The molecule has 47 heavy (non-hydrogen) atoms. The number of carboxylic acid groups (broad SMARTS) is 1. The number of carbonyl (C=O) groups is 1. The van der Waals surface area contributed by atoms with Crippen LogP contribution in [0.15, 0.2) is 46.0 Å². The molecule has 7 rings (SSSR count). The zero-order valence-corrected chi connectivity index (χ0v) is 28.4. The van der Waals surface area contributed by atoms with E-state index in [4.69, 9.17) is 14.9 Å². The minimum atomic E-state index is -1.02. The highest BCUT2D eigenvalue weighted by Gasteiger charge is 2.25. The summed E-state index contributed by atoms with van der Waals surface area (Å²) in [6, 6.07) is 9.73. The molecular weight excluding hydrogens is 636 g/mol. The number of nitrogens with zero attached hydrogens (tertiary/aromatic N) is 5. The Bertz CT molecular complexity index is 1900. The first-order valence-electron chi connectivity index (χ1n) is 16.2. The Morgan fingerprint density at radius 3 is 2.85 bits per heavy atom. The van der Waals surface area contributed by atoms with E-state index in [1.54, 1.807) is 41.2 Å². The van der Waals surface area contributed by atoms with Gasteiger partial charge in [0.15, 0.2) is 0 Å². The molecule has 0 unspecified atom stereocenters. The van der Waals surface area contributed by atoms with Gasteiger partial charge in [0.25, 0.3) is 0 Å². The predicted molar refractivity (Wildman–Crippen MR) is 188 cm³/mol. The third-order valence-corrected chi connectivity index (χ3v) is 11.0. The van der Waals surface area contributed by atoms with Gasteiger partial charge in [-0.2, -0.15) is 10.2 Å². The van der Waals surface area contributed by atoms with Crippen LogP contribution in [0.2, 0.25) is 0 Å². The van der Waals surface area contributed by atoms with Crippen molar-refractivity contribution in [3.63, 3.8) is 0 Å². The van der Waals surface area contributed by atoms with Crippen molar-refractivity contribution in [2.75, 3.05) is 30.8 Å². The third kappa shape index (κ3) is 6.49. The lowest BCUT2D eigenvalue weighted by Crippen LogP contribution is -2.14. The number of allylic oxidation sites excluding steroid dienone is 1. The number of fused-ring (bicyclic) bond motifs is 7. The number of anilines is 1. The predicted octanol–water partition coefficient (Wildman–Crippen LogP) is 7.08. The summed E-state index contributed by atoms with van der Waals surface area (Å²) in [5.41, 5.74) is 7.31. The maximum Gasteiger partial charge on any atom is 0.352 e. The molecule has 1 fully saturated rings. The zero-order valence-electron chi connectivity index (χ0n) is 26.7. The number of hydrogen-bond acceptors (Lipinski definition) is 8. The Labute approximate surface area is 282 Å². The van der Waals surface area contributed by atoms with Gasteiger partial charge in [0, 0.05) is 77.9 Å². The van der Waals surface area contributed by atoms with Crippen molar-refractivity contribution in [2.24, 2.45) is 19.2 Å². The second-order valence-electron chi connectivity index (χ2n) is 12.2. The number of nitrogens with one attached hydrogen (secondary N) is 1. The molecule has 12 heteroatoms. The lowest BCUT2D eigenvalue weighted by molar-refractivity contribution is 0.0685. The molecule has 2 aromatic heterocycles. The number of hydrazone groups is 1. The Morgan fingerprint density at radius 2 is 1.98 bits per heavy atom. The topological polar surface area (TPSA) is 96.9 Å². The van der Waals surface area contributed by atoms with Gasteiger partial charge in [-0.05, 0) is 86.1 Å². The molecule has 2 N–H and O–H groups in total. The molecule has 0 atom stereocenters. The van der Waals surface area contributed by atoms with Crippen LogP contribution in [0.25, 0.3) is 17.0 Å². The summed E-state index contributed by atoms with van der Waals surface area (Å²) in [5.74, 6) is 1.73. The first-order valence-corrected chi connectivity index (χ1v) is 18.3. The first kappa shape index (κ1) is 31.7. The fourth-order valence-electron chi connectivity index (χ4n) is 6.87. The van der Waals surface area contributed by atoms with Crippen molar-refractivity contribution < 1.29 is 19.0 Å². The van der Waals surface area contributed by atoms with E-state index in [1.807, 2.05) is 29.0 Å². The van der Waals surface area contributed by atoms with Crippen LogP contribution >= 0.6 is 23.5 Å². The summed E-state index contributed by atoms with van der Waals surface area (Å²) >= 11 is 3.53. The van der Waals surface area contributed by atoms with Gasteiger partial charge in [-0.3, -0.25) is 9.69 Å². The van der Waals surface area contributed by atoms with Crippen molar-refractivity contribution in [1.82, 2.24) is 19.4 Å². The van der Waals surface area contributed by atoms with Crippen molar-refractivity contribution in [2.45, 2.75) is 54.9 Å². The zero-order chi connectivity index (χ0) is 32.5. The van der Waals surface area contributed by atoms with Crippen LogP contribution in [-0.2, 0) is 38.4 Å². The molecule has 3 aliphatic heterocycles. The van der Waals surface area contributed by atoms with Gasteiger partial charge < -0.3 is 19.7 Å². The minimum Gasteiger partial charge on any atom is -0.491 e. The highest BCUT2D eigenvalue weighted by atomic mass is 32.2. The Hall–Kier alpha value is -3.90. The summed E-state index contributed by atoms with van der Waals surface area (Å²) in [5, 5.41) is 26.0. The van der Waals surface area contributed by atoms with Crippen molar-refractivity contribution >= 4 is 58.4 Å².